The predicted molar refractivity (Wildman–Crippen MR) is 67.2 cm³/mol. The molecule has 1 fully saturated rings. The van der Waals surface area contributed by atoms with Crippen molar-refractivity contribution in [3.05, 3.63) is 0 Å². The average Bonchev–Trinajstić information content (AvgIpc) is 2.25. The topological polar surface area (TPSA) is 55.6 Å². The fourth-order valence-corrected chi connectivity index (χ4v) is 2.15. The van der Waals surface area contributed by atoms with Crippen LogP contribution in [0, 0.1) is 5.92 Å². The van der Waals surface area contributed by atoms with Crippen LogP contribution in [0.25, 0.3) is 0 Å². The van der Waals surface area contributed by atoms with E-state index in [2.05, 4.69) is 0 Å². The second kappa shape index (κ2) is 6.15. The zero-order valence-electron chi connectivity index (χ0n) is 9.94. The molecule has 2 unspecified atom stereocenters. The van der Waals surface area contributed by atoms with Gasteiger partial charge in [0, 0.05) is 6.54 Å². The third kappa shape index (κ3) is 3.15. The normalized spacial score (nSPS) is 22.9. The maximum atomic E-state index is 12.2. The summed E-state index contributed by atoms with van der Waals surface area (Å²) in [6.07, 6.45) is 1.64. The first kappa shape index (κ1) is 13.4. The Kier molecular flexibility index (Phi) is 5.15. The minimum absolute atomic E-state index is 0.0603. The molecule has 1 aliphatic rings. The molecule has 1 rings (SSSR count). The lowest BCUT2D eigenvalue weighted by molar-refractivity contribution is -0.141. The standard InChI is InChI=1S/C11H20N2O2S/c1-3-4-9(10(12)16)11(14)13-5-6-15-7-8(13)2/h8-9H,3-7H2,1-2H3,(H2,12,16). The molecule has 1 saturated heterocycles. The molecule has 92 valence electrons. The molecule has 1 aliphatic heterocycles. The largest absolute Gasteiger partial charge is 0.393 e. The van der Waals surface area contributed by atoms with E-state index >= 15 is 0 Å². The third-order valence-electron chi connectivity index (χ3n) is 2.87. The molecule has 1 heterocycles. The van der Waals surface area contributed by atoms with Gasteiger partial charge in [0.1, 0.15) is 0 Å². The van der Waals surface area contributed by atoms with Crippen LogP contribution in [0.1, 0.15) is 26.7 Å². The van der Waals surface area contributed by atoms with Gasteiger partial charge in [-0.05, 0) is 13.3 Å². The fourth-order valence-electron chi connectivity index (χ4n) is 1.93. The van der Waals surface area contributed by atoms with Gasteiger partial charge in [-0.2, -0.15) is 0 Å². The Morgan fingerprint density at radius 2 is 2.38 bits per heavy atom. The van der Waals surface area contributed by atoms with E-state index in [0.29, 0.717) is 24.7 Å². The molecule has 0 aromatic carbocycles. The van der Waals surface area contributed by atoms with Gasteiger partial charge in [-0.25, -0.2) is 0 Å². The maximum Gasteiger partial charge on any atom is 0.232 e. The van der Waals surface area contributed by atoms with Crippen molar-refractivity contribution >= 4 is 23.1 Å². The number of hydrogen-bond acceptors (Lipinski definition) is 3. The smallest absolute Gasteiger partial charge is 0.232 e. The number of nitrogens with zero attached hydrogens (tertiary/aromatic N) is 1. The Hall–Kier alpha value is -0.680. The number of rotatable bonds is 4. The summed E-state index contributed by atoms with van der Waals surface area (Å²) in [6, 6.07) is 0.120. The molecule has 0 spiro atoms. The average molecular weight is 244 g/mol. The first-order valence-corrected chi connectivity index (χ1v) is 6.16. The minimum atomic E-state index is -0.305. The molecule has 16 heavy (non-hydrogen) atoms. The summed E-state index contributed by atoms with van der Waals surface area (Å²) >= 11 is 4.97. The molecule has 2 N–H and O–H groups in total. The van der Waals surface area contributed by atoms with E-state index in [4.69, 9.17) is 22.7 Å². The van der Waals surface area contributed by atoms with Crippen LogP contribution in [0.4, 0.5) is 0 Å². The van der Waals surface area contributed by atoms with Crippen LogP contribution in [-0.2, 0) is 9.53 Å². The van der Waals surface area contributed by atoms with Crippen LogP contribution < -0.4 is 5.73 Å². The van der Waals surface area contributed by atoms with Crippen molar-refractivity contribution < 1.29 is 9.53 Å². The number of amides is 1. The second-order valence-electron chi connectivity index (χ2n) is 4.20. The van der Waals surface area contributed by atoms with Gasteiger partial charge in [0.25, 0.3) is 0 Å². The molecule has 1 amide bonds. The Balaban J connectivity index is 2.68. The summed E-state index contributed by atoms with van der Waals surface area (Å²) in [5.74, 6) is -0.245. The lowest BCUT2D eigenvalue weighted by atomic mass is 10.0. The highest BCUT2D eigenvalue weighted by Gasteiger charge is 2.30. The highest BCUT2D eigenvalue weighted by molar-refractivity contribution is 7.80. The van der Waals surface area contributed by atoms with Crippen molar-refractivity contribution in [1.29, 1.82) is 0 Å². The van der Waals surface area contributed by atoms with E-state index in [0.717, 1.165) is 12.8 Å². The first-order chi connectivity index (χ1) is 7.57. The number of hydrogen-bond donors (Lipinski definition) is 1. The summed E-state index contributed by atoms with van der Waals surface area (Å²) in [6.45, 7) is 5.86. The Morgan fingerprint density at radius 1 is 1.69 bits per heavy atom. The van der Waals surface area contributed by atoms with Crippen LogP contribution in [0.5, 0.6) is 0 Å². The number of nitrogens with two attached hydrogens (primary N) is 1. The predicted octanol–water partition coefficient (Wildman–Crippen LogP) is 0.936. The SMILES string of the molecule is CCCC(C(=O)N1CCOCC1C)C(N)=S. The van der Waals surface area contributed by atoms with Gasteiger partial charge in [0.05, 0.1) is 30.2 Å². The molecule has 0 aromatic rings. The van der Waals surface area contributed by atoms with Gasteiger partial charge >= 0.3 is 0 Å². The first-order valence-electron chi connectivity index (χ1n) is 5.75. The van der Waals surface area contributed by atoms with Crippen LogP contribution in [-0.4, -0.2) is 41.6 Å². The molecule has 0 aliphatic carbocycles. The van der Waals surface area contributed by atoms with Gasteiger partial charge in [-0.15, -0.1) is 0 Å². The van der Waals surface area contributed by atoms with Crippen molar-refractivity contribution in [2.75, 3.05) is 19.8 Å². The molecule has 2 atom stereocenters. The Bertz CT molecular complexity index is 271. The molecule has 4 nitrogen and oxygen atoms in total. The molecule has 0 radical (unpaired) electrons. The van der Waals surface area contributed by atoms with Crippen molar-refractivity contribution in [1.82, 2.24) is 4.90 Å². The van der Waals surface area contributed by atoms with Crippen LogP contribution in [0.15, 0.2) is 0 Å². The van der Waals surface area contributed by atoms with E-state index in [1.165, 1.54) is 0 Å². The minimum Gasteiger partial charge on any atom is -0.393 e. The van der Waals surface area contributed by atoms with Crippen LogP contribution >= 0.6 is 12.2 Å². The summed E-state index contributed by atoms with van der Waals surface area (Å²) < 4.78 is 5.30. The van der Waals surface area contributed by atoms with Crippen molar-refractivity contribution in [3.8, 4) is 0 Å². The van der Waals surface area contributed by atoms with Gasteiger partial charge in [0.15, 0.2) is 0 Å². The molecule has 5 heteroatoms. The number of thiocarbonyl (C=S) groups is 1. The third-order valence-corrected chi connectivity index (χ3v) is 3.15. The molecule has 0 saturated carbocycles. The highest BCUT2D eigenvalue weighted by atomic mass is 32.1. The van der Waals surface area contributed by atoms with E-state index in [9.17, 15) is 4.79 Å². The Morgan fingerprint density at radius 3 is 2.88 bits per heavy atom. The maximum absolute atomic E-state index is 12.2. The fraction of sp³-hybridized carbons (Fsp3) is 0.818. The summed E-state index contributed by atoms with van der Waals surface area (Å²) in [4.78, 5) is 14.4. The van der Waals surface area contributed by atoms with Gasteiger partial charge in [-0.3, -0.25) is 4.79 Å². The summed E-state index contributed by atoms with van der Waals surface area (Å²) in [5.41, 5.74) is 5.63. The lowest BCUT2D eigenvalue weighted by Crippen LogP contribution is -2.51. The number of carbonyl (C=O) groups is 1. The molecule has 0 aromatic heterocycles. The molecular formula is C11H20N2O2S. The number of carbonyl (C=O) groups excluding carboxylic acids is 1. The van der Waals surface area contributed by atoms with Gasteiger partial charge in [0.2, 0.25) is 5.91 Å². The van der Waals surface area contributed by atoms with Crippen molar-refractivity contribution in [2.45, 2.75) is 32.7 Å². The summed E-state index contributed by atoms with van der Waals surface area (Å²) in [5, 5.41) is 0. The van der Waals surface area contributed by atoms with E-state index in [1.54, 1.807) is 0 Å². The van der Waals surface area contributed by atoms with Gasteiger partial charge < -0.3 is 15.4 Å². The second-order valence-corrected chi connectivity index (χ2v) is 4.67. The number of ether oxygens (including phenoxy) is 1. The van der Waals surface area contributed by atoms with E-state index in [1.807, 2.05) is 18.7 Å². The van der Waals surface area contributed by atoms with Gasteiger partial charge in [-0.1, -0.05) is 25.6 Å². The lowest BCUT2D eigenvalue weighted by Gasteiger charge is -2.35. The monoisotopic (exact) mass is 244 g/mol. The molecule has 0 bridgehead atoms. The van der Waals surface area contributed by atoms with Crippen molar-refractivity contribution in [3.63, 3.8) is 0 Å². The summed E-state index contributed by atoms with van der Waals surface area (Å²) in [7, 11) is 0. The van der Waals surface area contributed by atoms with E-state index in [-0.39, 0.29) is 17.9 Å². The zero-order valence-corrected chi connectivity index (χ0v) is 10.8. The van der Waals surface area contributed by atoms with Crippen LogP contribution in [0.2, 0.25) is 0 Å². The van der Waals surface area contributed by atoms with E-state index < -0.39 is 0 Å². The van der Waals surface area contributed by atoms with Crippen LogP contribution in [0.3, 0.4) is 0 Å². The quantitative estimate of drug-likeness (QED) is 0.748. The highest BCUT2D eigenvalue weighted by Crippen LogP contribution is 2.15. The van der Waals surface area contributed by atoms with Crippen molar-refractivity contribution in [2.24, 2.45) is 11.7 Å². The number of morpholine rings is 1. The zero-order chi connectivity index (χ0) is 12.1. The Labute approximate surface area is 102 Å². The molecular weight excluding hydrogens is 224 g/mol.